The fourth-order valence-corrected chi connectivity index (χ4v) is 6.15. The predicted molar refractivity (Wildman–Crippen MR) is 164 cm³/mol. The Labute approximate surface area is 255 Å². The third-order valence-electron chi connectivity index (χ3n) is 8.41. The molecule has 0 aromatic heterocycles. The maximum Gasteiger partial charge on any atom is 0.253 e. The molecule has 0 unspecified atom stereocenters. The fourth-order valence-electron chi connectivity index (χ4n) is 6.15. The molecule has 8 heteroatoms. The second kappa shape index (κ2) is 10.6. The molecule has 2 amide bonds. The Morgan fingerprint density at radius 3 is 1.25 bits per heavy atom. The van der Waals surface area contributed by atoms with E-state index in [0.29, 0.717) is 34.1 Å². The van der Waals surface area contributed by atoms with Crippen molar-refractivity contribution >= 4 is 23.3 Å². The van der Waals surface area contributed by atoms with E-state index in [4.69, 9.17) is 18.9 Å². The average Bonchev–Trinajstić information content (AvgIpc) is 3.08. The molecule has 8 nitrogen and oxygen atoms in total. The van der Waals surface area contributed by atoms with Crippen LogP contribution in [0.25, 0.3) is 11.5 Å². The lowest BCUT2D eigenvalue weighted by Crippen LogP contribution is -2.73. The van der Waals surface area contributed by atoms with Gasteiger partial charge in [0.1, 0.15) is 23.0 Å². The van der Waals surface area contributed by atoms with Crippen LogP contribution in [0.4, 0.5) is 0 Å². The van der Waals surface area contributed by atoms with Crippen LogP contribution in [0.15, 0.2) is 121 Å². The number of methoxy groups -OCH3 is 2. The summed E-state index contributed by atoms with van der Waals surface area (Å²) in [6, 6.07) is 33.7. The number of hydrogen-bond acceptors (Lipinski definition) is 6. The molecule has 3 aliphatic rings. The smallest absolute Gasteiger partial charge is 0.253 e. The molecule has 4 aromatic rings. The molecule has 44 heavy (non-hydrogen) atoms. The van der Waals surface area contributed by atoms with E-state index in [1.54, 1.807) is 24.0 Å². The fraction of sp³-hybridized carbons (Fsp3) is 0.167. The van der Waals surface area contributed by atoms with Crippen LogP contribution < -0.4 is 9.47 Å². The summed E-state index contributed by atoms with van der Waals surface area (Å²) in [7, 11) is 3.20. The lowest BCUT2D eigenvalue weighted by molar-refractivity contribution is -0.248. The highest BCUT2D eigenvalue weighted by atomic mass is 16.5. The largest absolute Gasteiger partial charge is 0.497 e. The van der Waals surface area contributed by atoms with Gasteiger partial charge in [-0.3, -0.25) is 19.4 Å². The second-order valence-electron chi connectivity index (χ2n) is 10.8. The van der Waals surface area contributed by atoms with Crippen molar-refractivity contribution in [2.24, 2.45) is 0 Å². The Morgan fingerprint density at radius 2 is 0.909 bits per heavy atom. The molecule has 1 saturated heterocycles. The van der Waals surface area contributed by atoms with Crippen LogP contribution in [-0.2, 0) is 30.5 Å². The van der Waals surface area contributed by atoms with Gasteiger partial charge in [0, 0.05) is 34.4 Å². The van der Waals surface area contributed by atoms with Crippen molar-refractivity contribution in [3.8, 4) is 11.5 Å². The van der Waals surface area contributed by atoms with Crippen molar-refractivity contribution in [1.29, 1.82) is 0 Å². The maximum absolute atomic E-state index is 14.2. The Balaban J connectivity index is 1.42. The molecule has 4 aromatic carbocycles. The first-order valence-corrected chi connectivity index (χ1v) is 14.3. The van der Waals surface area contributed by atoms with Gasteiger partial charge in [-0.2, -0.15) is 0 Å². The third kappa shape index (κ3) is 4.38. The summed E-state index contributed by atoms with van der Waals surface area (Å²) in [5.41, 5.74) is 0.206. The summed E-state index contributed by atoms with van der Waals surface area (Å²) in [4.78, 5) is 31.8. The van der Waals surface area contributed by atoms with Gasteiger partial charge in [0.2, 0.25) is 11.4 Å². The Kier molecular flexibility index (Phi) is 6.62. The maximum atomic E-state index is 14.2. The van der Waals surface area contributed by atoms with E-state index in [0.717, 1.165) is 11.1 Å². The molecule has 220 valence electrons. The number of nitrogens with zero attached hydrogens (tertiary/aromatic N) is 2. The summed E-state index contributed by atoms with van der Waals surface area (Å²) in [6.45, 7) is -0.00263. The molecular formula is C36H30N2O6. The zero-order valence-electron chi connectivity index (χ0n) is 24.3. The Hall–Kier alpha value is -5.50. The molecule has 7 rings (SSSR count). The molecule has 3 aliphatic heterocycles. The van der Waals surface area contributed by atoms with Crippen LogP contribution in [0.1, 0.15) is 22.3 Å². The molecule has 2 atom stereocenters. The molecule has 0 spiro atoms. The van der Waals surface area contributed by atoms with E-state index in [-0.39, 0.29) is 24.9 Å². The summed E-state index contributed by atoms with van der Waals surface area (Å²) in [5, 5.41) is 0. The number of amides is 2. The van der Waals surface area contributed by atoms with Crippen molar-refractivity contribution in [3.05, 3.63) is 144 Å². The molecule has 0 bridgehead atoms. The van der Waals surface area contributed by atoms with Crippen LogP contribution in [0, 0.1) is 0 Å². The monoisotopic (exact) mass is 586 g/mol. The summed E-state index contributed by atoms with van der Waals surface area (Å²) < 4.78 is 24.5. The van der Waals surface area contributed by atoms with Gasteiger partial charge in [-0.15, -0.1) is 0 Å². The van der Waals surface area contributed by atoms with Crippen molar-refractivity contribution in [1.82, 2.24) is 9.80 Å². The number of fused-ring (bicyclic) bond motifs is 2. The van der Waals surface area contributed by atoms with Gasteiger partial charge in [-0.1, -0.05) is 60.7 Å². The van der Waals surface area contributed by atoms with Crippen LogP contribution in [0.3, 0.4) is 0 Å². The molecule has 0 radical (unpaired) electrons. The highest BCUT2D eigenvalue weighted by Crippen LogP contribution is 2.51. The first-order chi connectivity index (χ1) is 21.5. The van der Waals surface area contributed by atoms with E-state index in [1.807, 2.05) is 109 Å². The van der Waals surface area contributed by atoms with E-state index < -0.39 is 11.4 Å². The number of piperazine rings is 1. The molecule has 0 saturated carbocycles. The number of rotatable bonds is 6. The third-order valence-corrected chi connectivity index (χ3v) is 8.41. The molecule has 0 N–H and O–H groups in total. The quantitative estimate of drug-likeness (QED) is 0.296. The lowest BCUT2D eigenvalue weighted by Gasteiger charge is -2.59. The normalized spacial score (nSPS) is 22.5. The van der Waals surface area contributed by atoms with Gasteiger partial charge < -0.3 is 18.9 Å². The SMILES string of the molecule is COc1ccc([C@]23CN4C(=O)C=C(c5ccccc5)O[C@@]4(c4ccc(OC)cc4)CN2C(=O)C=C(c2ccccc2)O3)cc1. The minimum Gasteiger partial charge on any atom is -0.497 e. The molecule has 0 aliphatic carbocycles. The molecular weight excluding hydrogens is 556 g/mol. The number of carbonyl (C=O) groups is 2. The average molecular weight is 587 g/mol. The number of ether oxygens (including phenoxy) is 4. The van der Waals surface area contributed by atoms with E-state index in [1.165, 1.54) is 12.2 Å². The zero-order chi connectivity index (χ0) is 30.3. The summed E-state index contributed by atoms with van der Waals surface area (Å²) in [5.74, 6) is 1.65. The number of benzene rings is 4. The van der Waals surface area contributed by atoms with Crippen LogP contribution in [0.5, 0.6) is 11.5 Å². The molecule has 1 fully saturated rings. The zero-order valence-corrected chi connectivity index (χ0v) is 24.3. The van der Waals surface area contributed by atoms with Gasteiger partial charge in [0.15, 0.2) is 0 Å². The highest BCUT2D eigenvalue weighted by Gasteiger charge is 2.62. The first-order valence-electron chi connectivity index (χ1n) is 14.3. The van der Waals surface area contributed by atoms with Gasteiger partial charge >= 0.3 is 0 Å². The highest BCUT2D eigenvalue weighted by molar-refractivity contribution is 5.98. The van der Waals surface area contributed by atoms with Crippen LogP contribution in [-0.4, -0.2) is 48.9 Å². The predicted octanol–water partition coefficient (Wildman–Crippen LogP) is 5.52. The van der Waals surface area contributed by atoms with Gasteiger partial charge in [0.05, 0.1) is 27.3 Å². The van der Waals surface area contributed by atoms with Crippen molar-refractivity contribution in [2.45, 2.75) is 11.4 Å². The van der Waals surface area contributed by atoms with Gasteiger partial charge in [0.25, 0.3) is 11.8 Å². The first kappa shape index (κ1) is 27.3. The minimum atomic E-state index is -1.35. The van der Waals surface area contributed by atoms with Crippen LogP contribution in [0.2, 0.25) is 0 Å². The minimum absolute atomic E-state index is 0.00131. The molecule has 3 heterocycles. The second-order valence-corrected chi connectivity index (χ2v) is 10.8. The van der Waals surface area contributed by atoms with E-state index in [2.05, 4.69) is 0 Å². The van der Waals surface area contributed by atoms with Crippen molar-refractivity contribution in [3.63, 3.8) is 0 Å². The van der Waals surface area contributed by atoms with E-state index >= 15 is 0 Å². The van der Waals surface area contributed by atoms with Crippen molar-refractivity contribution in [2.75, 3.05) is 27.3 Å². The standard InChI is InChI=1S/C36H30N2O6/c1-41-29-17-13-27(14-18-29)35-23-38-34(40)22-32(26-11-7-4-8-12-26)44-36(38,28-15-19-30(42-2)20-16-28)24-37(35)33(39)21-31(43-35)25-9-5-3-6-10-25/h3-22H,23-24H2,1-2H3/t35-,36-/m1/s1. The van der Waals surface area contributed by atoms with Gasteiger partial charge in [-0.05, 0) is 48.5 Å². The topological polar surface area (TPSA) is 77.5 Å². The number of carbonyl (C=O) groups excluding carboxylic acids is 2. The van der Waals surface area contributed by atoms with Crippen molar-refractivity contribution < 1.29 is 28.5 Å². The summed E-state index contributed by atoms with van der Waals surface area (Å²) in [6.07, 6.45) is 3.01. The number of hydrogen-bond donors (Lipinski definition) is 0. The van der Waals surface area contributed by atoms with Crippen LogP contribution >= 0.6 is 0 Å². The van der Waals surface area contributed by atoms with Gasteiger partial charge in [-0.25, -0.2) is 0 Å². The summed E-state index contributed by atoms with van der Waals surface area (Å²) >= 11 is 0. The van der Waals surface area contributed by atoms with E-state index in [9.17, 15) is 9.59 Å². The Bertz CT molecular complexity index is 1640. The Morgan fingerprint density at radius 1 is 0.545 bits per heavy atom. The lowest BCUT2D eigenvalue weighted by atomic mass is 9.87.